The number of fused-ring (bicyclic) bond motifs is 1. The van der Waals surface area contributed by atoms with Crippen molar-refractivity contribution in [2.45, 2.75) is 18.3 Å². The Kier molecular flexibility index (Phi) is 6.17. The molecule has 1 fully saturated rings. The highest BCUT2D eigenvalue weighted by Crippen LogP contribution is 2.33. The van der Waals surface area contributed by atoms with Crippen molar-refractivity contribution >= 4 is 47.4 Å². The number of carbonyl (C=O) groups is 1. The van der Waals surface area contributed by atoms with Gasteiger partial charge in [-0.15, -0.1) is 0 Å². The van der Waals surface area contributed by atoms with E-state index in [1.165, 1.54) is 23.9 Å². The lowest BCUT2D eigenvalue weighted by Crippen LogP contribution is -2.24. The van der Waals surface area contributed by atoms with E-state index in [0.717, 1.165) is 22.4 Å². The molecule has 4 rings (SSSR count). The summed E-state index contributed by atoms with van der Waals surface area (Å²) in [5, 5.41) is 4.40. The van der Waals surface area contributed by atoms with Crippen LogP contribution in [0.5, 0.6) is 5.75 Å². The lowest BCUT2D eigenvalue weighted by Gasteiger charge is -2.13. The summed E-state index contributed by atoms with van der Waals surface area (Å²) in [5.74, 6) is 0.238. The first-order valence-electron chi connectivity index (χ1n) is 9.14. The quantitative estimate of drug-likeness (QED) is 0.286. The Bertz CT molecular complexity index is 1160. The number of hydrogen-bond acceptors (Lipinski definition) is 5. The molecule has 0 radical (unpaired) electrons. The number of halogens is 3. The SMILES string of the molecule is O=C1NC(OS)SC1=Cc1ccc2cc(OCc3ccccc3C(F)(F)F)ccc2c1. The van der Waals surface area contributed by atoms with Crippen LogP contribution in [-0.2, 0) is 21.8 Å². The molecular formula is C22H16F3NO3S2. The molecule has 0 aliphatic carbocycles. The molecule has 160 valence electrons. The second-order valence-corrected chi connectivity index (χ2v) is 8.06. The zero-order valence-corrected chi connectivity index (χ0v) is 17.6. The van der Waals surface area contributed by atoms with Gasteiger partial charge in [0.1, 0.15) is 12.4 Å². The van der Waals surface area contributed by atoms with Crippen LogP contribution >= 0.6 is 24.7 Å². The van der Waals surface area contributed by atoms with Gasteiger partial charge < -0.3 is 10.1 Å². The standard InChI is InChI=1S/C22H16F3NO3S2/c23-22(24,25)18-4-2-1-3-16(18)12-28-17-8-7-14-9-13(5-6-15(14)11-17)10-19-20(27)26-21(29-30)31-19/h1-11,21,30H,12H2,(H,26,27). The maximum atomic E-state index is 13.1. The molecule has 31 heavy (non-hydrogen) atoms. The molecule has 1 unspecified atom stereocenters. The van der Waals surface area contributed by atoms with Crippen molar-refractivity contribution in [2.24, 2.45) is 0 Å². The van der Waals surface area contributed by atoms with Gasteiger partial charge in [-0.1, -0.05) is 48.2 Å². The van der Waals surface area contributed by atoms with Crippen LogP contribution in [0.15, 0.2) is 65.6 Å². The lowest BCUT2D eigenvalue weighted by molar-refractivity contribution is -0.138. The summed E-state index contributed by atoms with van der Waals surface area (Å²) in [4.78, 5) is 12.4. The number of alkyl halides is 3. The summed E-state index contributed by atoms with van der Waals surface area (Å²) in [7, 11) is 0. The van der Waals surface area contributed by atoms with Gasteiger partial charge in [0.2, 0.25) is 0 Å². The highest BCUT2D eigenvalue weighted by atomic mass is 32.2. The lowest BCUT2D eigenvalue weighted by atomic mass is 10.1. The summed E-state index contributed by atoms with van der Waals surface area (Å²) in [6.07, 6.45) is -2.67. The molecule has 1 aliphatic heterocycles. The summed E-state index contributed by atoms with van der Waals surface area (Å²) >= 11 is 4.94. The van der Waals surface area contributed by atoms with E-state index in [1.54, 1.807) is 24.3 Å². The second-order valence-electron chi connectivity index (χ2n) is 6.75. The fourth-order valence-corrected chi connectivity index (χ4v) is 4.17. The van der Waals surface area contributed by atoms with Crippen LogP contribution in [0, 0.1) is 0 Å². The Morgan fingerprint density at radius 2 is 1.81 bits per heavy atom. The molecule has 1 N–H and O–H groups in total. The van der Waals surface area contributed by atoms with Crippen LogP contribution in [-0.4, -0.2) is 11.5 Å². The second kappa shape index (κ2) is 8.86. The largest absolute Gasteiger partial charge is 0.489 e. The van der Waals surface area contributed by atoms with Gasteiger partial charge in [-0.2, -0.15) is 13.2 Å². The highest BCUT2D eigenvalue weighted by molar-refractivity contribution is 8.05. The number of thiol groups is 1. The molecule has 0 bridgehead atoms. The topological polar surface area (TPSA) is 47.6 Å². The summed E-state index contributed by atoms with van der Waals surface area (Å²) in [6.45, 7) is -0.188. The van der Waals surface area contributed by atoms with Crippen LogP contribution in [0.25, 0.3) is 16.8 Å². The molecule has 0 saturated carbocycles. The number of ether oxygens (including phenoxy) is 1. The summed E-state index contributed by atoms with van der Waals surface area (Å²) in [5.41, 5.74) is -0.316. The van der Waals surface area contributed by atoms with Crippen molar-refractivity contribution in [3.8, 4) is 5.75 Å². The van der Waals surface area contributed by atoms with Gasteiger partial charge in [-0.3, -0.25) is 8.98 Å². The minimum atomic E-state index is -4.43. The van der Waals surface area contributed by atoms with Gasteiger partial charge in [0, 0.05) is 5.56 Å². The predicted molar refractivity (Wildman–Crippen MR) is 117 cm³/mol. The molecule has 1 heterocycles. The van der Waals surface area contributed by atoms with Crippen molar-refractivity contribution in [1.82, 2.24) is 5.32 Å². The van der Waals surface area contributed by atoms with Crippen molar-refractivity contribution < 1.29 is 26.9 Å². The van der Waals surface area contributed by atoms with Gasteiger partial charge in [0.05, 0.1) is 10.5 Å². The Hall–Kier alpha value is -2.62. The first kappa shape index (κ1) is 21.6. The average molecular weight is 464 g/mol. The van der Waals surface area contributed by atoms with E-state index >= 15 is 0 Å². The molecule has 3 aromatic carbocycles. The van der Waals surface area contributed by atoms with Crippen LogP contribution in [0.4, 0.5) is 13.2 Å². The maximum Gasteiger partial charge on any atom is 0.416 e. The molecule has 1 amide bonds. The molecule has 4 nitrogen and oxygen atoms in total. The van der Waals surface area contributed by atoms with E-state index in [9.17, 15) is 18.0 Å². The van der Waals surface area contributed by atoms with E-state index < -0.39 is 17.3 Å². The minimum Gasteiger partial charge on any atom is -0.489 e. The van der Waals surface area contributed by atoms with Crippen LogP contribution in [0.3, 0.4) is 0 Å². The van der Waals surface area contributed by atoms with Crippen molar-refractivity contribution in [1.29, 1.82) is 0 Å². The fourth-order valence-electron chi connectivity index (χ4n) is 3.18. The van der Waals surface area contributed by atoms with Crippen molar-refractivity contribution in [3.63, 3.8) is 0 Å². The van der Waals surface area contributed by atoms with Crippen molar-refractivity contribution in [2.75, 3.05) is 0 Å². The third-order valence-electron chi connectivity index (χ3n) is 4.65. The minimum absolute atomic E-state index is 0.0768. The van der Waals surface area contributed by atoms with Crippen LogP contribution in [0.1, 0.15) is 16.7 Å². The Labute approximate surface area is 186 Å². The molecule has 3 aromatic rings. The van der Waals surface area contributed by atoms with Crippen molar-refractivity contribution in [3.05, 3.63) is 82.3 Å². The van der Waals surface area contributed by atoms with E-state index in [1.807, 2.05) is 24.3 Å². The van der Waals surface area contributed by atoms with Gasteiger partial charge in [0.25, 0.3) is 5.91 Å². The third-order valence-corrected chi connectivity index (χ3v) is 5.99. The van der Waals surface area contributed by atoms with E-state index in [4.69, 9.17) is 8.92 Å². The Balaban J connectivity index is 1.51. The predicted octanol–water partition coefficient (Wildman–Crippen LogP) is 5.79. The number of thioether (sulfide) groups is 1. The van der Waals surface area contributed by atoms with Crippen LogP contribution < -0.4 is 10.1 Å². The smallest absolute Gasteiger partial charge is 0.416 e. The number of carbonyl (C=O) groups excluding carboxylic acids is 1. The van der Waals surface area contributed by atoms with Gasteiger partial charge in [-0.25, -0.2) is 0 Å². The number of amides is 1. The van der Waals surface area contributed by atoms with Crippen LogP contribution in [0.2, 0.25) is 0 Å². The number of hydrogen-bond donors (Lipinski definition) is 2. The molecule has 1 aliphatic rings. The third kappa shape index (κ3) is 5.00. The monoisotopic (exact) mass is 463 g/mol. The number of rotatable bonds is 5. The van der Waals surface area contributed by atoms with E-state index in [-0.39, 0.29) is 18.1 Å². The highest BCUT2D eigenvalue weighted by Gasteiger charge is 2.33. The molecule has 1 saturated heterocycles. The first-order chi connectivity index (χ1) is 14.8. The Morgan fingerprint density at radius 1 is 1.06 bits per heavy atom. The molecular weight excluding hydrogens is 447 g/mol. The Morgan fingerprint density at radius 3 is 2.55 bits per heavy atom. The summed E-state index contributed by atoms with van der Waals surface area (Å²) in [6, 6.07) is 16.3. The molecule has 0 spiro atoms. The average Bonchev–Trinajstić information content (AvgIpc) is 3.11. The van der Waals surface area contributed by atoms with Gasteiger partial charge >= 0.3 is 6.18 Å². The van der Waals surface area contributed by atoms with E-state index in [2.05, 4.69) is 18.2 Å². The normalized spacial score (nSPS) is 17.9. The molecule has 0 aromatic heterocycles. The maximum absolute atomic E-state index is 13.1. The van der Waals surface area contributed by atoms with Gasteiger partial charge in [0.15, 0.2) is 5.56 Å². The first-order valence-corrected chi connectivity index (χ1v) is 10.4. The fraction of sp³-hybridized carbons (Fsp3) is 0.136. The summed E-state index contributed by atoms with van der Waals surface area (Å²) < 4.78 is 49.8. The number of nitrogens with one attached hydrogen (secondary N) is 1. The molecule has 9 heteroatoms. The molecule has 1 atom stereocenters. The number of benzene rings is 3. The zero-order chi connectivity index (χ0) is 22.0. The van der Waals surface area contributed by atoms with Gasteiger partial charge in [-0.05, 0) is 59.6 Å². The zero-order valence-electron chi connectivity index (χ0n) is 15.8. The van der Waals surface area contributed by atoms with E-state index in [0.29, 0.717) is 10.7 Å².